The van der Waals surface area contributed by atoms with Gasteiger partial charge in [-0.1, -0.05) is 88.4 Å². The van der Waals surface area contributed by atoms with Crippen molar-refractivity contribution in [3.05, 3.63) is 77.9 Å². The van der Waals surface area contributed by atoms with Gasteiger partial charge in [0.2, 0.25) is 0 Å². The van der Waals surface area contributed by atoms with Gasteiger partial charge in [-0.3, -0.25) is 4.98 Å². The molecule has 0 aliphatic heterocycles. The van der Waals surface area contributed by atoms with Gasteiger partial charge >= 0.3 is 0 Å². The Morgan fingerprint density at radius 3 is 2.07 bits per heavy atom. The molecule has 0 atom stereocenters. The normalized spacial score (nSPS) is 11.0. The third-order valence-electron chi connectivity index (χ3n) is 5.47. The van der Waals surface area contributed by atoms with Crippen molar-refractivity contribution in [3.63, 3.8) is 0 Å². The molecular formula is C27H32FN. The Hall–Kier alpha value is -2.48. The Labute approximate surface area is 175 Å². The number of halogens is 1. The van der Waals surface area contributed by atoms with Crippen molar-refractivity contribution in [2.75, 3.05) is 0 Å². The van der Waals surface area contributed by atoms with Gasteiger partial charge in [-0.25, -0.2) is 4.39 Å². The number of benzene rings is 2. The number of aromatic nitrogens is 1. The standard InChI is InChI=1S/C27H32FN/c1-3-5-6-7-8-10-21-11-13-22(14-12-21)26-18-16-23(19-27(26)28)24-15-17-25(9-4-2)29-20-24/h11-20H,3-10H2,1-2H3. The number of aryl methyl sites for hydroxylation is 2. The van der Waals surface area contributed by atoms with Gasteiger partial charge in [0, 0.05) is 23.0 Å². The van der Waals surface area contributed by atoms with Crippen LogP contribution in [0.5, 0.6) is 0 Å². The molecule has 0 aliphatic rings. The van der Waals surface area contributed by atoms with Gasteiger partial charge in [0.25, 0.3) is 0 Å². The molecule has 3 rings (SSSR count). The number of hydrogen-bond acceptors (Lipinski definition) is 1. The van der Waals surface area contributed by atoms with Crippen molar-refractivity contribution in [2.45, 2.75) is 65.2 Å². The Balaban J connectivity index is 1.66. The summed E-state index contributed by atoms with van der Waals surface area (Å²) in [6, 6.07) is 17.9. The SMILES string of the molecule is CCCCCCCc1ccc(-c2ccc(-c3ccc(CCC)nc3)cc2F)cc1. The fraction of sp³-hybridized carbons (Fsp3) is 0.370. The van der Waals surface area contributed by atoms with Crippen molar-refractivity contribution >= 4 is 0 Å². The zero-order chi connectivity index (χ0) is 20.5. The quantitative estimate of drug-likeness (QED) is 0.320. The van der Waals surface area contributed by atoms with Gasteiger partial charge in [-0.05, 0) is 48.1 Å². The number of pyridine rings is 1. The van der Waals surface area contributed by atoms with Crippen LogP contribution in [-0.2, 0) is 12.8 Å². The van der Waals surface area contributed by atoms with Gasteiger partial charge < -0.3 is 0 Å². The molecule has 2 aromatic carbocycles. The molecule has 29 heavy (non-hydrogen) atoms. The van der Waals surface area contributed by atoms with Crippen LogP contribution in [0.15, 0.2) is 60.8 Å². The molecule has 0 spiro atoms. The Morgan fingerprint density at radius 1 is 0.690 bits per heavy atom. The zero-order valence-corrected chi connectivity index (χ0v) is 17.8. The molecule has 2 heteroatoms. The first-order valence-corrected chi connectivity index (χ1v) is 11.1. The molecule has 1 aromatic heterocycles. The van der Waals surface area contributed by atoms with Gasteiger partial charge in [0.1, 0.15) is 5.82 Å². The molecule has 1 heterocycles. The summed E-state index contributed by atoms with van der Waals surface area (Å²) in [5.41, 5.74) is 5.82. The highest BCUT2D eigenvalue weighted by molar-refractivity contribution is 5.70. The van der Waals surface area contributed by atoms with E-state index in [4.69, 9.17) is 0 Å². The predicted molar refractivity (Wildman–Crippen MR) is 122 cm³/mol. The van der Waals surface area contributed by atoms with Crippen LogP contribution in [0.2, 0.25) is 0 Å². The summed E-state index contributed by atoms with van der Waals surface area (Å²) in [6.45, 7) is 4.38. The molecule has 0 saturated heterocycles. The Bertz CT molecular complexity index is 881. The fourth-order valence-electron chi connectivity index (χ4n) is 3.71. The van der Waals surface area contributed by atoms with E-state index in [0.717, 1.165) is 41.6 Å². The maximum absolute atomic E-state index is 14.8. The predicted octanol–water partition coefficient (Wildman–Crippen LogP) is 8.02. The molecule has 152 valence electrons. The largest absolute Gasteiger partial charge is 0.261 e. The van der Waals surface area contributed by atoms with Gasteiger partial charge in [0.05, 0.1) is 0 Å². The minimum atomic E-state index is -0.188. The maximum Gasteiger partial charge on any atom is 0.131 e. The highest BCUT2D eigenvalue weighted by Crippen LogP contribution is 2.28. The lowest BCUT2D eigenvalue weighted by molar-refractivity contribution is 0.631. The summed E-state index contributed by atoms with van der Waals surface area (Å²) in [4.78, 5) is 4.48. The summed E-state index contributed by atoms with van der Waals surface area (Å²) in [6.07, 6.45) is 11.4. The van der Waals surface area contributed by atoms with Crippen molar-refractivity contribution in [1.29, 1.82) is 0 Å². The average molecular weight is 390 g/mol. The summed E-state index contributed by atoms with van der Waals surface area (Å²) in [5, 5.41) is 0. The summed E-state index contributed by atoms with van der Waals surface area (Å²) >= 11 is 0. The zero-order valence-electron chi connectivity index (χ0n) is 17.8. The molecular weight excluding hydrogens is 357 g/mol. The lowest BCUT2D eigenvalue weighted by Gasteiger charge is -2.09. The smallest absolute Gasteiger partial charge is 0.131 e. The molecule has 0 fully saturated rings. The van der Waals surface area contributed by atoms with Crippen LogP contribution in [0.1, 0.15) is 63.6 Å². The Kier molecular flexibility index (Phi) is 7.98. The van der Waals surface area contributed by atoms with Gasteiger partial charge in [-0.15, -0.1) is 0 Å². The van der Waals surface area contributed by atoms with Gasteiger partial charge in [-0.2, -0.15) is 0 Å². The highest BCUT2D eigenvalue weighted by Gasteiger charge is 2.08. The molecule has 0 bridgehead atoms. The van der Waals surface area contributed by atoms with E-state index in [1.165, 1.54) is 37.7 Å². The highest BCUT2D eigenvalue weighted by atomic mass is 19.1. The van der Waals surface area contributed by atoms with E-state index >= 15 is 0 Å². The number of nitrogens with zero attached hydrogens (tertiary/aromatic N) is 1. The van der Waals surface area contributed by atoms with Crippen molar-refractivity contribution in [2.24, 2.45) is 0 Å². The van der Waals surface area contributed by atoms with Crippen LogP contribution in [0.3, 0.4) is 0 Å². The molecule has 0 aliphatic carbocycles. The summed E-state index contributed by atoms with van der Waals surface area (Å²) in [5.74, 6) is -0.188. The topological polar surface area (TPSA) is 12.9 Å². The second-order valence-electron chi connectivity index (χ2n) is 7.84. The molecule has 0 N–H and O–H groups in total. The van der Waals surface area contributed by atoms with E-state index in [1.807, 2.05) is 42.6 Å². The maximum atomic E-state index is 14.8. The Morgan fingerprint density at radius 2 is 1.41 bits per heavy atom. The van der Waals surface area contributed by atoms with Gasteiger partial charge in [0.15, 0.2) is 0 Å². The van der Waals surface area contributed by atoms with Crippen LogP contribution < -0.4 is 0 Å². The molecule has 1 nitrogen and oxygen atoms in total. The third-order valence-corrected chi connectivity index (χ3v) is 5.47. The van der Waals surface area contributed by atoms with Crippen LogP contribution in [0.25, 0.3) is 22.3 Å². The minimum Gasteiger partial charge on any atom is -0.261 e. The molecule has 0 amide bonds. The minimum absolute atomic E-state index is 0.188. The van der Waals surface area contributed by atoms with E-state index in [-0.39, 0.29) is 5.82 Å². The van der Waals surface area contributed by atoms with E-state index in [9.17, 15) is 4.39 Å². The van der Waals surface area contributed by atoms with Crippen LogP contribution in [-0.4, -0.2) is 4.98 Å². The monoisotopic (exact) mass is 389 g/mol. The van der Waals surface area contributed by atoms with E-state index in [0.29, 0.717) is 5.56 Å². The van der Waals surface area contributed by atoms with Crippen LogP contribution in [0.4, 0.5) is 4.39 Å². The second kappa shape index (κ2) is 10.9. The van der Waals surface area contributed by atoms with Crippen molar-refractivity contribution < 1.29 is 4.39 Å². The van der Waals surface area contributed by atoms with E-state index in [1.54, 1.807) is 6.07 Å². The van der Waals surface area contributed by atoms with E-state index in [2.05, 4.69) is 31.0 Å². The molecule has 0 unspecified atom stereocenters. The number of hydrogen-bond donors (Lipinski definition) is 0. The van der Waals surface area contributed by atoms with Crippen molar-refractivity contribution in [1.82, 2.24) is 4.98 Å². The average Bonchev–Trinajstić information content (AvgIpc) is 2.75. The fourth-order valence-corrected chi connectivity index (χ4v) is 3.71. The number of unbranched alkanes of at least 4 members (excludes halogenated alkanes) is 4. The summed E-state index contributed by atoms with van der Waals surface area (Å²) < 4.78 is 14.8. The first-order chi connectivity index (χ1) is 14.2. The van der Waals surface area contributed by atoms with Crippen molar-refractivity contribution in [3.8, 4) is 22.3 Å². The van der Waals surface area contributed by atoms with Crippen LogP contribution >= 0.6 is 0 Å². The summed E-state index contributed by atoms with van der Waals surface area (Å²) in [7, 11) is 0. The third kappa shape index (κ3) is 6.00. The first-order valence-electron chi connectivity index (χ1n) is 11.1. The van der Waals surface area contributed by atoms with Crippen LogP contribution in [0, 0.1) is 5.82 Å². The lowest BCUT2D eigenvalue weighted by atomic mass is 9.98. The molecule has 0 radical (unpaired) electrons. The lowest BCUT2D eigenvalue weighted by Crippen LogP contribution is -1.91. The number of rotatable bonds is 10. The first kappa shape index (κ1) is 21.2. The molecule has 3 aromatic rings. The van der Waals surface area contributed by atoms with E-state index < -0.39 is 0 Å². The molecule has 0 saturated carbocycles. The second-order valence-corrected chi connectivity index (χ2v) is 7.84.